The summed E-state index contributed by atoms with van der Waals surface area (Å²) in [6, 6.07) is 12.5. The maximum atomic E-state index is 12.5. The standard InChI is InChI=1S/C15H12N2O3S/c18-13-6-4-12(5-7-13)17-21(19,20)15-3-1-2-11-10-16-9-8-14(11)15/h1-10,17-18H. The van der Waals surface area contributed by atoms with Crippen molar-refractivity contribution in [3.63, 3.8) is 0 Å². The molecule has 0 radical (unpaired) electrons. The molecule has 0 saturated heterocycles. The van der Waals surface area contributed by atoms with Crippen molar-refractivity contribution >= 4 is 26.5 Å². The molecule has 3 rings (SSSR count). The summed E-state index contributed by atoms with van der Waals surface area (Å²) in [7, 11) is -3.71. The quantitative estimate of drug-likeness (QED) is 0.729. The van der Waals surface area contributed by atoms with Gasteiger partial charge in [-0.15, -0.1) is 0 Å². The summed E-state index contributed by atoms with van der Waals surface area (Å²) < 4.78 is 27.5. The van der Waals surface area contributed by atoms with E-state index in [1.165, 1.54) is 24.3 Å². The first-order valence-electron chi connectivity index (χ1n) is 6.21. The van der Waals surface area contributed by atoms with Crippen LogP contribution in [0.1, 0.15) is 0 Å². The molecule has 1 heterocycles. The molecule has 5 nitrogen and oxygen atoms in total. The number of hydrogen-bond acceptors (Lipinski definition) is 4. The maximum absolute atomic E-state index is 12.5. The SMILES string of the molecule is O=S(=O)(Nc1ccc(O)cc1)c1cccc2cnccc12. The Labute approximate surface area is 121 Å². The van der Waals surface area contributed by atoms with Crippen LogP contribution in [-0.4, -0.2) is 18.5 Å². The Hall–Kier alpha value is -2.60. The van der Waals surface area contributed by atoms with E-state index in [0.717, 1.165) is 5.39 Å². The van der Waals surface area contributed by atoms with Crippen LogP contribution in [0.5, 0.6) is 5.75 Å². The van der Waals surface area contributed by atoms with Gasteiger partial charge in [0.25, 0.3) is 10.0 Å². The zero-order chi connectivity index (χ0) is 14.9. The molecule has 3 aromatic rings. The zero-order valence-electron chi connectivity index (χ0n) is 10.9. The second-order valence-corrected chi connectivity index (χ2v) is 6.16. The van der Waals surface area contributed by atoms with Gasteiger partial charge in [0, 0.05) is 28.9 Å². The minimum absolute atomic E-state index is 0.0779. The van der Waals surface area contributed by atoms with Gasteiger partial charge in [0.15, 0.2) is 0 Å². The van der Waals surface area contributed by atoms with E-state index in [0.29, 0.717) is 11.1 Å². The van der Waals surface area contributed by atoms with Gasteiger partial charge in [-0.25, -0.2) is 8.42 Å². The van der Waals surface area contributed by atoms with Crippen molar-refractivity contribution in [3.8, 4) is 5.75 Å². The molecule has 0 bridgehead atoms. The van der Waals surface area contributed by atoms with Crippen LogP contribution in [0.15, 0.2) is 65.8 Å². The highest BCUT2D eigenvalue weighted by molar-refractivity contribution is 7.93. The van der Waals surface area contributed by atoms with Gasteiger partial charge in [-0.05, 0) is 36.4 Å². The number of hydrogen-bond donors (Lipinski definition) is 2. The fourth-order valence-electron chi connectivity index (χ4n) is 2.07. The number of anilines is 1. The summed E-state index contributed by atoms with van der Waals surface area (Å²) in [5, 5.41) is 10.6. The molecule has 21 heavy (non-hydrogen) atoms. The van der Waals surface area contributed by atoms with Crippen molar-refractivity contribution in [2.75, 3.05) is 4.72 Å². The first-order valence-corrected chi connectivity index (χ1v) is 7.69. The van der Waals surface area contributed by atoms with Crippen LogP contribution in [0.2, 0.25) is 0 Å². The van der Waals surface area contributed by atoms with Gasteiger partial charge in [0.1, 0.15) is 5.75 Å². The fraction of sp³-hybridized carbons (Fsp3) is 0. The molecule has 0 atom stereocenters. The summed E-state index contributed by atoms with van der Waals surface area (Å²) in [5.41, 5.74) is 0.388. The van der Waals surface area contributed by atoms with E-state index in [1.54, 1.807) is 30.6 Å². The Balaban J connectivity index is 2.06. The Morgan fingerprint density at radius 2 is 1.76 bits per heavy atom. The minimum Gasteiger partial charge on any atom is -0.508 e. The predicted molar refractivity (Wildman–Crippen MR) is 80.7 cm³/mol. The van der Waals surface area contributed by atoms with Crippen molar-refractivity contribution in [2.24, 2.45) is 0 Å². The van der Waals surface area contributed by atoms with E-state index >= 15 is 0 Å². The molecular formula is C15H12N2O3S. The second-order valence-electron chi connectivity index (χ2n) is 4.51. The Morgan fingerprint density at radius 3 is 2.52 bits per heavy atom. The van der Waals surface area contributed by atoms with Crippen LogP contribution in [0, 0.1) is 0 Å². The number of nitrogens with one attached hydrogen (secondary N) is 1. The molecule has 0 aliphatic carbocycles. The van der Waals surface area contributed by atoms with E-state index in [-0.39, 0.29) is 10.6 Å². The predicted octanol–water partition coefficient (Wildman–Crippen LogP) is 2.74. The molecule has 0 amide bonds. The number of aromatic hydroxyl groups is 1. The summed E-state index contributed by atoms with van der Waals surface area (Å²) in [6.07, 6.45) is 3.18. The number of aromatic nitrogens is 1. The van der Waals surface area contributed by atoms with Crippen molar-refractivity contribution in [1.82, 2.24) is 4.98 Å². The van der Waals surface area contributed by atoms with E-state index in [9.17, 15) is 13.5 Å². The third kappa shape index (κ3) is 2.66. The normalized spacial score (nSPS) is 11.4. The number of pyridine rings is 1. The van der Waals surface area contributed by atoms with Gasteiger partial charge >= 0.3 is 0 Å². The van der Waals surface area contributed by atoms with E-state index < -0.39 is 10.0 Å². The molecule has 2 aromatic carbocycles. The maximum Gasteiger partial charge on any atom is 0.262 e. The molecule has 6 heteroatoms. The highest BCUT2D eigenvalue weighted by Gasteiger charge is 2.17. The van der Waals surface area contributed by atoms with Crippen molar-refractivity contribution in [1.29, 1.82) is 0 Å². The van der Waals surface area contributed by atoms with Crippen LogP contribution < -0.4 is 4.72 Å². The Bertz CT molecular complexity index is 885. The number of phenols is 1. The highest BCUT2D eigenvalue weighted by atomic mass is 32.2. The summed E-state index contributed by atoms with van der Waals surface area (Å²) in [5.74, 6) is 0.0779. The van der Waals surface area contributed by atoms with E-state index in [2.05, 4.69) is 9.71 Å². The summed E-state index contributed by atoms with van der Waals surface area (Å²) in [6.45, 7) is 0. The molecule has 1 aromatic heterocycles. The van der Waals surface area contributed by atoms with Gasteiger partial charge in [-0.3, -0.25) is 9.71 Å². The molecule has 2 N–H and O–H groups in total. The van der Waals surface area contributed by atoms with Crippen LogP contribution in [0.4, 0.5) is 5.69 Å². The van der Waals surface area contributed by atoms with Crippen molar-refractivity contribution in [2.45, 2.75) is 4.90 Å². The zero-order valence-corrected chi connectivity index (χ0v) is 11.7. The Kier molecular flexibility index (Phi) is 3.23. The molecule has 0 spiro atoms. The molecule has 0 aliphatic heterocycles. The lowest BCUT2D eigenvalue weighted by molar-refractivity contribution is 0.475. The van der Waals surface area contributed by atoms with Crippen LogP contribution >= 0.6 is 0 Å². The van der Waals surface area contributed by atoms with Gasteiger partial charge < -0.3 is 5.11 Å². The smallest absolute Gasteiger partial charge is 0.262 e. The topological polar surface area (TPSA) is 79.3 Å². The second kappa shape index (κ2) is 5.06. The van der Waals surface area contributed by atoms with Gasteiger partial charge in [0.05, 0.1) is 4.90 Å². The van der Waals surface area contributed by atoms with E-state index in [1.807, 2.05) is 6.07 Å². The van der Waals surface area contributed by atoms with E-state index in [4.69, 9.17) is 0 Å². The monoisotopic (exact) mass is 300 g/mol. The number of phenolic OH excluding ortho intramolecular Hbond substituents is 1. The lowest BCUT2D eigenvalue weighted by atomic mass is 10.2. The number of sulfonamides is 1. The minimum atomic E-state index is -3.71. The average molecular weight is 300 g/mol. The number of rotatable bonds is 3. The highest BCUT2D eigenvalue weighted by Crippen LogP contribution is 2.24. The van der Waals surface area contributed by atoms with Crippen LogP contribution in [0.25, 0.3) is 10.8 Å². The van der Waals surface area contributed by atoms with Crippen molar-refractivity contribution in [3.05, 3.63) is 60.9 Å². The molecule has 0 fully saturated rings. The molecule has 0 aliphatic rings. The summed E-state index contributed by atoms with van der Waals surface area (Å²) >= 11 is 0. The number of nitrogens with zero attached hydrogens (tertiary/aromatic N) is 1. The molecule has 0 unspecified atom stereocenters. The molecule has 0 saturated carbocycles. The molecular weight excluding hydrogens is 288 g/mol. The Morgan fingerprint density at radius 1 is 1.00 bits per heavy atom. The number of fused-ring (bicyclic) bond motifs is 1. The van der Waals surface area contributed by atoms with Gasteiger partial charge in [-0.1, -0.05) is 12.1 Å². The first-order chi connectivity index (χ1) is 10.1. The largest absolute Gasteiger partial charge is 0.508 e. The van der Waals surface area contributed by atoms with Crippen LogP contribution in [-0.2, 0) is 10.0 Å². The first kappa shape index (κ1) is 13.4. The van der Waals surface area contributed by atoms with Crippen molar-refractivity contribution < 1.29 is 13.5 Å². The molecule has 106 valence electrons. The third-order valence-corrected chi connectivity index (χ3v) is 4.49. The lowest BCUT2D eigenvalue weighted by Gasteiger charge is -2.10. The number of benzene rings is 2. The summed E-state index contributed by atoms with van der Waals surface area (Å²) in [4.78, 5) is 4.18. The van der Waals surface area contributed by atoms with Crippen LogP contribution in [0.3, 0.4) is 0 Å². The fourth-order valence-corrected chi connectivity index (χ4v) is 3.36. The average Bonchev–Trinajstić information content (AvgIpc) is 2.49. The van der Waals surface area contributed by atoms with Gasteiger partial charge in [0.2, 0.25) is 0 Å². The lowest BCUT2D eigenvalue weighted by Crippen LogP contribution is -2.13. The third-order valence-electron chi connectivity index (χ3n) is 3.05. The van der Waals surface area contributed by atoms with Gasteiger partial charge in [-0.2, -0.15) is 0 Å².